The maximum absolute atomic E-state index is 14.1. The molecule has 2 atom stereocenters. The fraction of sp³-hybridized carbons (Fsp3) is 0.692. The van der Waals surface area contributed by atoms with E-state index in [-0.39, 0.29) is 11.6 Å². The van der Waals surface area contributed by atoms with Gasteiger partial charge in [0, 0.05) is 11.1 Å². The summed E-state index contributed by atoms with van der Waals surface area (Å²) in [7, 11) is 0. The molecule has 0 heterocycles. The highest BCUT2D eigenvalue weighted by Crippen LogP contribution is 2.56. The molecule has 2 unspecified atom stereocenters. The molecule has 0 fully saturated rings. The summed E-state index contributed by atoms with van der Waals surface area (Å²) in [4.78, 5) is 0. The zero-order valence-electron chi connectivity index (χ0n) is 12.0. The van der Waals surface area contributed by atoms with Crippen molar-refractivity contribution >= 4 is 0 Å². The molecule has 0 nitrogen and oxygen atoms in total. The minimum atomic E-state index is -6.59. The molecule has 1 rings (SSSR count). The van der Waals surface area contributed by atoms with Crippen LogP contribution in [0.15, 0.2) is 22.8 Å². The van der Waals surface area contributed by atoms with E-state index >= 15 is 0 Å². The van der Waals surface area contributed by atoms with Crippen LogP contribution in [0.4, 0.5) is 43.9 Å². The van der Waals surface area contributed by atoms with Gasteiger partial charge in [0.15, 0.2) is 0 Å². The molecule has 0 saturated heterocycles. The van der Waals surface area contributed by atoms with Gasteiger partial charge in [-0.3, -0.25) is 0 Å². The van der Waals surface area contributed by atoms with E-state index in [4.69, 9.17) is 0 Å². The zero-order valence-corrected chi connectivity index (χ0v) is 12.0. The average Bonchev–Trinajstić information content (AvgIpc) is 2.29. The number of hydrogen-bond acceptors (Lipinski definition) is 0. The number of hydrogen-bond donors (Lipinski definition) is 0. The Morgan fingerprint density at radius 2 is 1.13 bits per heavy atom. The van der Waals surface area contributed by atoms with Crippen molar-refractivity contribution in [1.29, 1.82) is 0 Å². The first kappa shape index (κ1) is 19.8. The van der Waals surface area contributed by atoms with Crippen molar-refractivity contribution in [3.8, 4) is 0 Å². The third kappa shape index (κ3) is 3.08. The van der Waals surface area contributed by atoms with Crippen LogP contribution in [-0.4, -0.2) is 24.2 Å². The van der Waals surface area contributed by atoms with E-state index in [1.165, 1.54) is 6.92 Å². The maximum Gasteiger partial charge on any atom is 0.435 e. The molecule has 0 bridgehead atoms. The molecule has 0 aliphatic heterocycles. The summed E-state index contributed by atoms with van der Waals surface area (Å²) in [5, 5.41) is 0. The van der Waals surface area contributed by atoms with E-state index in [1.54, 1.807) is 0 Å². The van der Waals surface area contributed by atoms with Crippen molar-refractivity contribution in [2.75, 3.05) is 0 Å². The van der Waals surface area contributed by atoms with Crippen molar-refractivity contribution < 1.29 is 43.9 Å². The van der Waals surface area contributed by atoms with Gasteiger partial charge in [0.1, 0.15) is 0 Å². The maximum atomic E-state index is 14.1. The second-order valence-corrected chi connectivity index (χ2v) is 5.44. The molecule has 0 spiro atoms. The van der Waals surface area contributed by atoms with Crippen LogP contribution in [0.25, 0.3) is 0 Å². The highest BCUT2D eigenvalue weighted by molar-refractivity contribution is 5.46. The van der Waals surface area contributed by atoms with E-state index in [2.05, 4.69) is 0 Å². The SMILES string of the molecule is CC1=CC(C(F)(C(F)(F)F)C(F)(F)F)=C(C(F)(F)F)C(C)C1C. The smallest absolute Gasteiger partial charge is 0.218 e. The lowest BCUT2D eigenvalue weighted by molar-refractivity contribution is -0.326. The van der Waals surface area contributed by atoms with Gasteiger partial charge >= 0.3 is 24.2 Å². The van der Waals surface area contributed by atoms with Gasteiger partial charge in [-0.2, -0.15) is 39.5 Å². The van der Waals surface area contributed by atoms with Gasteiger partial charge in [0.25, 0.3) is 0 Å². The Bertz CT molecular complexity index is 514. The lowest BCUT2D eigenvalue weighted by Crippen LogP contribution is -2.56. The number of rotatable bonds is 1. The third-order valence-electron chi connectivity index (χ3n) is 4.04. The molecule has 0 radical (unpaired) electrons. The summed E-state index contributed by atoms with van der Waals surface area (Å²) in [5.41, 5.74) is -10.9. The van der Waals surface area contributed by atoms with Gasteiger partial charge in [-0.15, -0.1) is 0 Å². The molecule has 1 aliphatic rings. The van der Waals surface area contributed by atoms with E-state index < -0.39 is 47.2 Å². The van der Waals surface area contributed by atoms with Crippen molar-refractivity contribution in [1.82, 2.24) is 0 Å². The first-order valence-corrected chi connectivity index (χ1v) is 6.28. The van der Waals surface area contributed by atoms with Gasteiger partial charge in [-0.25, -0.2) is 4.39 Å². The molecule has 1 aliphatic carbocycles. The van der Waals surface area contributed by atoms with Crippen molar-refractivity contribution in [2.45, 2.75) is 45.0 Å². The van der Waals surface area contributed by atoms with E-state index in [0.717, 1.165) is 13.8 Å². The van der Waals surface area contributed by atoms with Crippen LogP contribution in [-0.2, 0) is 0 Å². The first-order chi connectivity index (χ1) is 9.96. The predicted octanol–water partition coefficient (Wildman–Crippen LogP) is 5.91. The second-order valence-electron chi connectivity index (χ2n) is 5.44. The van der Waals surface area contributed by atoms with Crippen molar-refractivity contribution in [3.63, 3.8) is 0 Å². The Kier molecular flexibility index (Phi) is 4.66. The molecule has 134 valence electrons. The highest BCUT2D eigenvalue weighted by atomic mass is 19.4. The average molecular weight is 358 g/mol. The van der Waals surface area contributed by atoms with Crippen LogP contribution in [0, 0.1) is 11.8 Å². The molecule has 0 saturated carbocycles. The highest BCUT2D eigenvalue weighted by Gasteiger charge is 2.75. The molecular formula is C13H12F10. The molecule has 10 heteroatoms. The molecular weight excluding hydrogens is 346 g/mol. The third-order valence-corrected chi connectivity index (χ3v) is 4.04. The second kappa shape index (κ2) is 5.41. The molecule has 23 heavy (non-hydrogen) atoms. The van der Waals surface area contributed by atoms with Crippen LogP contribution in [0.2, 0.25) is 0 Å². The summed E-state index contributed by atoms with van der Waals surface area (Å²) in [6.07, 6.45) is -18.7. The number of halogens is 10. The topological polar surface area (TPSA) is 0 Å². The normalized spacial score (nSPS) is 24.8. The summed E-state index contributed by atoms with van der Waals surface area (Å²) >= 11 is 0. The van der Waals surface area contributed by atoms with Crippen LogP contribution in [0.1, 0.15) is 20.8 Å². The monoisotopic (exact) mass is 358 g/mol. The Balaban J connectivity index is 3.89. The van der Waals surface area contributed by atoms with Gasteiger partial charge in [-0.05, 0) is 18.8 Å². The molecule has 0 aromatic heterocycles. The lowest BCUT2D eigenvalue weighted by atomic mass is 9.72. The Labute approximate surface area is 124 Å². The number of allylic oxidation sites excluding steroid dienone is 4. The van der Waals surface area contributed by atoms with Gasteiger partial charge in [0.05, 0.1) is 0 Å². The Morgan fingerprint density at radius 3 is 1.43 bits per heavy atom. The van der Waals surface area contributed by atoms with Crippen LogP contribution >= 0.6 is 0 Å². The minimum absolute atomic E-state index is 0.00840. The van der Waals surface area contributed by atoms with Crippen molar-refractivity contribution in [2.24, 2.45) is 11.8 Å². The predicted molar refractivity (Wildman–Crippen MR) is 61.1 cm³/mol. The minimum Gasteiger partial charge on any atom is -0.218 e. The van der Waals surface area contributed by atoms with Gasteiger partial charge in [-0.1, -0.05) is 25.5 Å². The lowest BCUT2D eigenvalue weighted by Gasteiger charge is -2.38. The largest absolute Gasteiger partial charge is 0.435 e. The molecule has 0 aromatic rings. The summed E-state index contributed by atoms with van der Waals surface area (Å²) in [5.74, 6) is -2.74. The van der Waals surface area contributed by atoms with Gasteiger partial charge < -0.3 is 0 Å². The van der Waals surface area contributed by atoms with E-state index in [1.807, 2.05) is 0 Å². The fourth-order valence-corrected chi connectivity index (χ4v) is 2.49. The summed E-state index contributed by atoms with van der Waals surface area (Å²) in [6, 6.07) is 0. The van der Waals surface area contributed by atoms with E-state index in [9.17, 15) is 43.9 Å². The fourth-order valence-electron chi connectivity index (χ4n) is 2.49. The molecule has 0 amide bonds. The Morgan fingerprint density at radius 1 is 0.739 bits per heavy atom. The first-order valence-electron chi connectivity index (χ1n) is 6.28. The van der Waals surface area contributed by atoms with Gasteiger partial charge in [0.2, 0.25) is 0 Å². The zero-order chi connectivity index (χ0) is 18.6. The van der Waals surface area contributed by atoms with Crippen LogP contribution < -0.4 is 0 Å². The Hall–Kier alpha value is -1.22. The van der Waals surface area contributed by atoms with Crippen LogP contribution in [0.5, 0.6) is 0 Å². The molecule has 0 N–H and O–H groups in total. The standard InChI is InChI=1S/C13H12F10/c1-5-4-8(9(11(15,16)17)7(3)6(5)2)10(14,12(18,19)20)13(21,22)23/h4,6-7H,1-3H3. The quantitative estimate of drug-likeness (QED) is 0.511. The summed E-state index contributed by atoms with van der Waals surface area (Å²) in [6.45, 7) is 3.08. The summed E-state index contributed by atoms with van der Waals surface area (Å²) < 4.78 is 130. The van der Waals surface area contributed by atoms with Crippen LogP contribution in [0.3, 0.4) is 0 Å². The molecule has 0 aromatic carbocycles. The van der Waals surface area contributed by atoms with E-state index in [0.29, 0.717) is 0 Å². The van der Waals surface area contributed by atoms with Crippen molar-refractivity contribution in [3.05, 3.63) is 22.8 Å². The number of alkyl halides is 10.